The van der Waals surface area contributed by atoms with Crippen molar-refractivity contribution < 1.29 is 5.11 Å². The van der Waals surface area contributed by atoms with Gasteiger partial charge in [0, 0.05) is 18.6 Å². The average Bonchev–Trinajstić information content (AvgIpc) is 2.86. The molecule has 2 saturated heterocycles. The standard InChI is InChI=1S/C16H32N2O/c1-4-16(19,5-2)13-17-11-8-15(9-12-17)18-10-6-7-14(18)3/h14-15,19H,4-13H2,1-3H3. The van der Waals surface area contributed by atoms with Crippen molar-refractivity contribution in [3.8, 4) is 0 Å². The number of β-amino-alcohol motifs (C(OH)–C–C–N with tert-alkyl or cyclic N) is 1. The summed E-state index contributed by atoms with van der Waals surface area (Å²) in [5.74, 6) is 0. The van der Waals surface area contributed by atoms with E-state index in [0.717, 1.165) is 44.6 Å². The molecule has 0 bridgehead atoms. The van der Waals surface area contributed by atoms with Crippen LogP contribution in [0.3, 0.4) is 0 Å². The molecule has 112 valence electrons. The SMILES string of the molecule is CCC(O)(CC)CN1CCC(N2CCCC2C)CC1. The average molecular weight is 268 g/mol. The van der Waals surface area contributed by atoms with Gasteiger partial charge in [-0.25, -0.2) is 0 Å². The second-order valence-electron chi connectivity index (χ2n) is 6.67. The number of likely N-dealkylation sites (tertiary alicyclic amines) is 2. The molecule has 0 saturated carbocycles. The highest BCUT2D eigenvalue weighted by Crippen LogP contribution is 2.27. The first-order valence-electron chi connectivity index (χ1n) is 8.28. The zero-order chi connectivity index (χ0) is 13.9. The summed E-state index contributed by atoms with van der Waals surface area (Å²) in [5.41, 5.74) is -0.465. The maximum Gasteiger partial charge on any atom is 0.0768 e. The van der Waals surface area contributed by atoms with Gasteiger partial charge in [-0.15, -0.1) is 0 Å². The predicted octanol–water partition coefficient (Wildman–Crippen LogP) is 2.49. The second-order valence-corrected chi connectivity index (χ2v) is 6.67. The number of hydrogen-bond acceptors (Lipinski definition) is 3. The molecular weight excluding hydrogens is 236 g/mol. The molecule has 0 radical (unpaired) electrons. The fourth-order valence-corrected chi connectivity index (χ4v) is 3.80. The van der Waals surface area contributed by atoms with Gasteiger partial charge in [-0.05, 0) is 65.1 Å². The van der Waals surface area contributed by atoms with Crippen LogP contribution in [0.2, 0.25) is 0 Å². The van der Waals surface area contributed by atoms with E-state index in [-0.39, 0.29) is 0 Å². The van der Waals surface area contributed by atoms with Crippen LogP contribution in [0.25, 0.3) is 0 Å². The Bertz CT molecular complexity index is 270. The van der Waals surface area contributed by atoms with Crippen molar-refractivity contribution in [1.29, 1.82) is 0 Å². The molecular formula is C16H32N2O. The zero-order valence-electron chi connectivity index (χ0n) is 13.1. The van der Waals surface area contributed by atoms with Crippen molar-refractivity contribution in [2.75, 3.05) is 26.2 Å². The Morgan fingerprint density at radius 1 is 1.05 bits per heavy atom. The number of hydrogen-bond donors (Lipinski definition) is 1. The molecule has 3 nitrogen and oxygen atoms in total. The molecule has 0 aliphatic carbocycles. The molecule has 2 aliphatic rings. The van der Waals surface area contributed by atoms with Crippen LogP contribution in [-0.4, -0.2) is 58.8 Å². The summed E-state index contributed by atoms with van der Waals surface area (Å²) in [6.45, 7) is 11.1. The van der Waals surface area contributed by atoms with Crippen LogP contribution in [-0.2, 0) is 0 Å². The molecule has 1 unspecified atom stereocenters. The van der Waals surface area contributed by atoms with Crippen molar-refractivity contribution in [2.24, 2.45) is 0 Å². The van der Waals surface area contributed by atoms with E-state index >= 15 is 0 Å². The van der Waals surface area contributed by atoms with Crippen LogP contribution in [0.15, 0.2) is 0 Å². The smallest absolute Gasteiger partial charge is 0.0768 e. The maximum atomic E-state index is 10.4. The van der Waals surface area contributed by atoms with Gasteiger partial charge in [0.15, 0.2) is 0 Å². The molecule has 2 aliphatic heterocycles. The number of aliphatic hydroxyl groups is 1. The molecule has 0 aromatic rings. The van der Waals surface area contributed by atoms with Crippen LogP contribution in [0.1, 0.15) is 59.3 Å². The largest absolute Gasteiger partial charge is 0.389 e. The first-order valence-corrected chi connectivity index (χ1v) is 8.28. The summed E-state index contributed by atoms with van der Waals surface area (Å²) in [4.78, 5) is 5.20. The second kappa shape index (κ2) is 6.55. The van der Waals surface area contributed by atoms with Gasteiger partial charge in [0.25, 0.3) is 0 Å². The molecule has 2 rings (SSSR count). The third-order valence-electron chi connectivity index (χ3n) is 5.46. The van der Waals surface area contributed by atoms with Gasteiger partial charge < -0.3 is 10.0 Å². The van der Waals surface area contributed by atoms with Crippen molar-refractivity contribution in [2.45, 2.75) is 77.0 Å². The zero-order valence-corrected chi connectivity index (χ0v) is 13.1. The highest BCUT2D eigenvalue weighted by atomic mass is 16.3. The normalized spacial score (nSPS) is 28.1. The van der Waals surface area contributed by atoms with Crippen LogP contribution in [0, 0.1) is 0 Å². The van der Waals surface area contributed by atoms with E-state index < -0.39 is 5.60 Å². The summed E-state index contributed by atoms with van der Waals surface area (Å²) in [6.07, 6.45) is 7.07. The minimum Gasteiger partial charge on any atom is -0.389 e. The molecule has 1 N–H and O–H groups in total. The Labute approximate surface area is 119 Å². The van der Waals surface area contributed by atoms with Crippen LogP contribution in [0.4, 0.5) is 0 Å². The molecule has 3 heteroatoms. The first kappa shape index (κ1) is 15.3. The molecule has 2 fully saturated rings. The van der Waals surface area contributed by atoms with E-state index in [9.17, 15) is 5.11 Å². The molecule has 19 heavy (non-hydrogen) atoms. The Balaban J connectivity index is 1.79. The van der Waals surface area contributed by atoms with Gasteiger partial charge in [-0.1, -0.05) is 13.8 Å². The minimum atomic E-state index is -0.465. The van der Waals surface area contributed by atoms with Crippen LogP contribution >= 0.6 is 0 Å². The molecule has 0 amide bonds. The van der Waals surface area contributed by atoms with Gasteiger partial charge in [0.1, 0.15) is 0 Å². The van der Waals surface area contributed by atoms with Crippen molar-refractivity contribution in [1.82, 2.24) is 9.80 Å². The van der Waals surface area contributed by atoms with Gasteiger partial charge >= 0.3 is 0 Å². The summed E-state index contributed by atoms with van der Waals surface area (Å²) < 4.78 is 0. The maximum absolute atomic E-state index is 10.4. The fourth-order valence-electron chi connectivity index (χ4n) is 3.80. The predicted molar refractivity (Wildman–Crippen MR) is 80.4 cm³/mol. The summed E-state index contributed by atoms with van der Waals surface area (Å²) in [5, 5.41) is 10.4. The van der Waals surface area contributed by atoms with Crippen molar-refractivity contribution >= 4 is 0 Å². The lowest BCUT2D eigenvalue weighted by Gasteiger charge is -2.41. The summed E-state index contributed by atoms with van der Waals surface area (Å²) in [6, 6.07) is 1.59. The van der Waals surface area contributed by atoms with E-state index in [2.05, 4.69) is 30.6 Å². The molecule has 0 aromatic heterocycles. The van der Waals surface area contributed by atoms with E-state index in [1.54, 1.807) is 0 Å². The lowest BCUT2D eigenvalue weighted by molar-refractivity contribution is -0.0157. The van der Waals surface area contributed by atoms with Crippen molar-refractivity contribution in [3.63, 3.8) is 0 Å². The summed E-state index contributed by atoms with van der Waals surface area (Å²) >= 11 is 0. The highest BCUT2D eigenvalue weighted by Gasteiger charge is 2.32. The monoisotopic (exact) mass is 268 g/mol. The number of rotatable bonds is 5. The lowest BCUT2D eigenvalue weighted by atomic mass is 9.94. The fraction of sp³-hybridized carbons (Fsp3) is 1.00. The van der Waals surface area contributed by atoms with E-state index in [0.29, 0.717) is 0 Å². The van der Waals surface area contributed by atoms with E-state index in [1.165, 1.54) is 32.2 Å². The van der Waals surface area contributed by atoms with E-state index in [4.69, 9.17) is 0 Å². The summed E-state index contributed by atoms with van der Waals surface area (Å²) in [7, 11) is 0. The molecule has 2 heterocycles. The lowest BCUT2D eigenvalue weighted by Crippen LogP contribution is -2.50. The third-order valence-corrected chi connectivity index (χ3v) is 5.46. The Hall–Kier alpha value is -0.120. The minimum absolute atomic E-state index is 0.465. The van der Waals surface area contributed by atoms with Crippen LogP contribution in [0.5, 0.6) is 0 Å². The van der Waals surface area contributed by atoms with Crippen LogP contribution < -0.4 is 0 Å². The molecule has 1 atom stereocenters. The molecule has 0 spiro atoms. The van der Waals surface area contributed by atoms with Gasteiger partial charge in [0.05, 0.1) is 5.60 Å². The van der Waals surface area contributed by atoms with E-state index in [1.807, 2.05) is 0 Å². The van der Waals surface area contributed by atoms with Crippen molar-refractivity contribution in [3.05, 3.63) is 0 Å². The number of piperidine rings is 1. The van der Waals surface area contributed by atoms with Gasteiger partial charge in [0.2, 0.25) is 0 Å². The van der Waals surface area contributed by atoms with Gasteiger partial charge in [-0.3, -0.25) is 4.90 Å². The highest BCUT2D eigenvalue weighted by molar-refractivity contribution is 4.88. The van der Waals surface area contributed by atoms with Gasteiger partial charge in [-0.2, -0.15) is 0 Å². The topological polar surface area (TPSA) is 26.7 Å². The third kappa shape index (κ3) is 3.71. The number of nitrogens with zero attached hydrogens (tertiary/aromatic N) is 2. The molecule has 0 aromatic carbocycles. The quantitative estimate of drug-likeness (QED) is 0.830. The Morgan fingerprint density at radius 3 is 2.16 bits per heavy atom. The Morgan fingerprint density at radius 2 is 1.68 bits per heavy atom. The first-order chi connectivity index (χ1) is 9.08. The Kier molecular flexibility index (Phi) is 5.27.